The van der Waals surface area contributed by atoms with E-state index >= 15 is 0 Å². The third-order valence-electron chi connectivity index (χ3n) is 4.32. The number of H-pyrrole nitrogens is 1. The summed E-state index contributed by atoms with van der Waals surface area (Å²) in [6, 6.07) is 8.15. The van der Waals surface area contributed by atoms with Gasteiger partial charge in [0.05, 0.1) is 6.61 Å². The summed E-state index contributed by atoms with van der Waals surface area (Å²) in [7, 11) is 0. The van der Waals surface area contributed by atoms with Gasteiger partial charge in [-0.2, -0.15) is 0 Å². The van der Waals surface area contributed by atoms with Crippen molar-refractivity contribution in [3.05, 3.63) is 52.3 Å². The molecule has 0 fully saturated rings. The zero-order valence-electron chi connectivity index (χ0n) is 15.8. The third-order valence-corrected chi connectivity index (χ3v) is 5.07. The molecule has 1 aromatic carbocycles. The normalized spacial score (nSPS) is 10.6. The number of aromatic amines is 1. The van der Waals surface area contributed by atoms with E-state index in [1.54, 1.807) is 18.7 Å². The fourth-order valence-electron chi connectivity index (χ4n) is 2.84. The third kappa shape index (κ3) is 5.14. The number of aromatic nitrogens is 1. The molecule has 2 rings (SSSR count). The average Bonchev–Trinajstić information content (AvgIpc) is 2.93. The van der Waals surface area contributed by atoms with Gasteiger partial charge in [-0.05, 0) is 62.3 Å². The minimum Gasteiger partial charge on any atom is -0.461 e. The van der Waals surface area contributed by atoms with E-state index in [1.807, 2.05) is 32.2 Å². The monoisotopic (exact) mass is 374 g/mol. The molecule has 0 aliphatic carbocycles. The summed E-state index contributed by atoms with van der Waals surface area (Å²) < 4.78 is 5.06. The fourth-order valence-corrected chi connectivity index (χ4v) is 3.25. The maximum absolute atomic E-state index is 12.2. The van der Waals surface area contributed by atoms with E-state index in [1.165, 1.54) is 4.90 Å². The molecule has 5 nitrogen and oxygen atoms in total. The minimum absolute atomic E-state index is 0.00312. The summed E-state index contributed by atoms with van der Waals surface area (Å²) in [5, 5.41) is 2.95. The zero-order valence-corrected chi connectivity index (χ0v) is 16.6. The molecule has 2 N–H and O–H groups in total. The highest BCUT2D eigenvalue weighted by atomic mass is 32.2. The number of nitrogens with one attached hydrogen (secondary N) is 2. The molecule has 0 radical (unpaired) electrons. The summed E-state index contributed by atoms with van der Waals surface area (Å²) >= 11 is 1.69. The van der Waals surface area contributed by atoms with Crippen LogP contribution in [0.2, 0.25) is 0 Å². The van der Waals surface area contributed by atoms with Gasteiger partial charge >= 0.3 is 5.97 Å². The molecular formula is C20H26N2O3S. The highest BCUT2D eigenvalue weighted by Gasteiger charge is 2.18. The van der Waals surface area contributed by atoms with Crippen molar-refractivity contribution < 1.29 is 14.3 Å². The van der Waals surface area contributed by atoms with E-state index in [2.05, 4.69) is 22.4 Å². The molecular weight excluding hydrogens is 348 g/mol. The number of ether oxygens (including phenoxy) is 1. The van der Waals surface area contributed by atoms with Crippen LogP contribution in [0.15, 0.2) is 29.2 Å². The number of esters is 1. The van der Waals surface area contributed by atoms with Gasteiger partial charge in [0.1, 0.15) is 5.69 Å². The lowest BCUT2D eigenvalue weighted by Crippen LogP contribution is -2.23. The Kier molecular flexibility index (Phi) is 7.33. The lowest BCUT2D eigenvalue weighted by atomic mass is 10.0. The summed E-state index contributed by atoms with van der Waals surface area (Å²) in [6.45, 7) is 6.44. The molecule has 0 saturated heterocycles. The number of hydrogen-bond donors (Lipinski definition) is 2. The van der Waals surface area contributed by atoms with Gasteiger partial charge < -0.3 is 15.0 Å². The smallest absolute Gasteiger partial charge is 0.355 e. The summed E-state index contributed by atoms with van der Waals surface area (Å²) in [5.41, 5.74) is 4.34. The molecule has 140 valence electrons. The van der Waals surface area contributed by atoms with Crippen LogP contribution < -0.4 is 5.32 Å². The molecule has 6 heteroatoms. The van der Waals surface area contributed by atoms with Crippen LogP contribution in [0.4, 0.5) is 0 Å². The number of carbonyl (C=O) groups excluding carboxylic acids is 2. The van der Waals surface area contributed by atoms with Crippen molar-refractivity contribution in [1.82, 2.24) is 10.3 Å². The van der Waals surface area contributed by atoms with Crippen LogP contribution in [-0.4, -0.2) is 29.7 Å². The highest BCUT2D eigenvalue weighted by molar-refractivity contribution is 7.98. The molecule has 1 aromatic heterocycles. The van der Waals surface area contributed by atoms with Crippen molar-refractivity contribution in [3.8, 4) is 0 Å². The predicted octanol–water partition coefficient (Wildman–Crippen LogP) is 3.78. The number of thioether (sulfide) groups is 1. The second-order valence-corrected chi connectivity index (χ2v) is 6.95. The molecule has 0 spiro atoms. The molecule has 0 unspecified atom stereocenters. The lowest BCUT2D eigenvalue weighted by Gasteiger charge is -2.07. The van der Waals surface area contributed by atoms with Crippen molar-refractivity contribution in [2.24, 2.45) is 0 Å². The van der Waals surface area contributed by atoms with Crippen molar-refractivity contribution in [2.75, 3.05) is 12.9 Å². The zero-order chi connectivity index (χ0) is 19.1. The number of benzene rings is 1. The summed E-state index contributed by atoms with van der Waals surface area (Å²) in [4.78, 5) is 28.4. The van der Waals surface area contributed by atoms with Gasteiger partial charge in [0.2, 0.25) is 5.91 Å². The number of aryl methyl sites for hydroxylation is 1. The second kappa shape index (κ2) is 9.48. The predicted molar refractivity (Wildman–Crippen MR) is 105 cm³/mol. The number of rotatable bonds is 8. The van der Waals surface area contributed by atoms with Crippen molar-refractivity contribution >= 4 is 23.6 Å². The highest BCUT2D eigenvalue weighted by Crippen LogP contribution is 2.20. The molecule has 0 aliphatic heterocycles. The Bertz CT molecular complexity index is 766. The Labute approximate surface area is 158 Å². The number of hydrogen-bond acceptors (Lipinski definition) is 4. The first-order valence-corrected chi connectivity index (χ1v) is 9.93. The molecule has 1 amide bonds. The number of carbonyl (C=O) groups is 2. The van der Waals surface area contributed by atoms with Gasteiger partial charge in [-0.1, -0.05) is 12.1 Å². The summed E-state index contributed by atoms with van der Waals surface area (Å²) in [6.07, 6.45) is 3.00. The first kappa shape index (κ1) is 20.1. The second-order valence-electron chi connectivity index (χ2n) is 6.07. The van der Waals surface area contributed by atoms with Gasteiger partial charge in [-0.25, -0.2) is 4.79 Å². The Morgan fingerprint density at radius 1 is 1.19 bits per heavy atom. The van der Waals surface area contributed by atoms with E-state index in [-0.39, 0.29) is 11.9 Å². The van der Waals surface area contributed by atoms with Crippen LogP contribution in [0.3, 0.4) is 0 Å². The first-order chi connectivity index (χ1) is 12.5. The summed E-state index contributed by atoms with van der Waals surface area (Å²) in [5.74, 6) is -0.353. The molecule has 1 heterocycles. The van der Waals surface area contributed by atoms with Gasteiger partial charge in [-0.3, -0.25) is 4.79 Å². The Morgan fingerprint density at radius 2 is 1.88 bits per heavy atom. The number of amides is 1. The van der Waals surface area contributed by atoms with Crippen LogP contribution in [0.5, 0.6) is 0 Å². The standard InChI is InChI=1S/C20H26N2O3S/c1-5-25-20(24)19-13(2)17(14(3)22-19)10-11-18(23)21-12-15-6-8-16(26-4)9-7-15/h6-9,22H,5,10-12H2,1-4H3,(H,21,23). The maximum atomic E-state index is 12.2. The van der Waals surface area contributed by atoms with Crippen LogP contribution in [0.25, 0.3) is 0 Å². The van der Waals surface area contributed by atoms with Crippen LogP contribution in [-0.2, 0) is 22.5 Å². The first-order valence-electron chi connectivity index (χ1n) is 8.71. The molecule has 0 saturated carbocycles. The molecule has 0 bridgehead atoms. The van der Waals surface area contributed by atoms with E-state index in [4.69, 9.17) is 4.74 Å². The van der Waals surface area contributed by atoms with Crippen LogP contribution in [0, 0.1) is 13.8 Å². The van der Waals surface area contributed by atoms with Crippen LogP contribution >= 0.6 is 11.8 Å². The van der Waals surface area contributed by atoms with E-state index in [9.17, 15) is 9.59 Å². The lowest BCUT2D eigenvalue weighted by molar-refractivity contribution is -0.121. The quantitative estimate of drug-likeness (QED) is 0.545. The van der Waals surface area contributed by atoms with Crippen LogP contribution in [0.1, 0.15) is 46.2 Å². The van der Waals surface area contributed by atoms with Gasteiger partial charge in [0.15, 0.2) is 0 Å². The fraction of sp³-hybridized carbons (Fsp3) is 0.400. The van der Waals surface area contributed by atoms with Gasteiger partial charge in [0, 0.05) is 23.6 Å². The van der Waals surface area contributed by atoms with Gasteiger partial charge in [0.25, 0.3) is 0 Å². The molecule has 26 heavy (non-hydrogen) atoms. The SMILES string of the molecule is CCOC(=O)c1[nH]c(C)c(CCC(=O)NCc2ccc(SC)cc2)c1C. The van der Waals surface area contributed by atoms with Crippen molar-refractivity contribution in [2.45, 2.75) is 45.1 Å². The van der Waals surface area contributed by atoms with Gasteiger partial charge in [-0.15, -0.1) is 11.8 Å². The average molecular weight is 375 g/mol. The van der Waals surface area contributed by atoms with E-state index < -0.39 is 0 Å². The van der Waals surface area contributed by atoms with E-state index in [0.717, 1.165) is 22.4 Å². The van der Waals surface area contributed by atoms with Crippen molar-refractivity contribution in [1.29, 1.82) is 0 Å². The largest absolute Gasteiger partial charge is 0.461 e. The Morgan fingerprint density at radius 3 is 2.50 bits per heavy atom. The minimum atomic E-state index is -0.350. The topological polar surface area (TPSA) is 71.2 Å². The van der Waals surface area contributed by atoms with Crippen molar-refractivity contribution in [3.63, 3.8) is 0 Å². The Hall–Kier alpha value is -2.21. The molecule has 0 aliphatic rings. The molecule has 2 aromatic rings. The maximum Gasteiger partial charge on any atom is 0.355 e. The van der Waals surface area contributed by atoms with E-state index in [0.29, 0.717) is 31.7 Å². The Balaban J connectivity index is 1.89. The molecule has 0 atom stereocenters.